The van der Waals surface area contributed by atoms with Crippen molar-refractivity contribution in [3.8, 4) is 0 Å². The van der Waals surface area contributed by atoms with Crippen LogP contribution < -0.4 is 16.4 Å². The Hall–Kier alpha value is -1.75. The highest BCUT2D eigenvalue weighted by Gasteiger charge is 2.29. The highest BCUT2D eigenvalue weighted by Crippen LogP contribution is 2.29. The van der Waals surface area contributed by atoms with Crippen molar-refractivity contribution < 1.29 is 9.53 Å². The van der Waals surface area contributed by atoms with Gasteiger partial charge in [0, 0.05) is 25.3 Å². The number of amides is 1. The molecule has 1 aliphatic rings. The van der Waals surface area contributed by atoms with Crippen LogP contribution in [0.25, 0.3) is 0 Å². The van der Waals surface area contributed by atoms with Crippen LogP contribution in [0.15, 0.2) is 18.2 Å². The third-order valence-electron chi connectivity index (χ3n) is 3.40. The summed E-state index contributed by atoms with van der Waals surface area (Å²) < 4.78 is 5.52. The van der Waals surface area contributed by atoms with Crippen LogP contribution >= 0.6 is 0 Å². The van der Waals surface area contributed by atoms with Gasteiger partial charge in [0.15, 0.2) is 0 Å². The summed E-state index contributed by atoms with van der Waals surface area (Å²) in [6.45, 7) is 2.77. The Morgan fingerprint density at radius 3 is 2.79 bits per heavy atom. The predicted molar refractivity (Wildman–Crippen MR) is 76.3 cm³/mol. The maximum Gasteiger partial charge on any atom is 0.251 e. The SMILES string of the molecule is CCOC1CC(Nc2ccc(C(=O)NC)cc2N)C1. The average molecular weight is 263 g/mol. The summed E-state index contributed by atoms with van der Waals surface area (Å²) >= 11 is 0. The monoisotopic (exact) mass is 263 g/mol. The van der Waals surface area contributed by atoms with E-state index in [1.54, 1.807) is 19.2 Å². The summed E-state index contributed by atoms with van der Waals surface area (Å²) in [7, 11) is 1.60. The quantitative estimate of drug-likeness (QED) is 0.705. The minimum atomic E-state index is -0.127. The molecule has 1 aromatic carbocycles. The molecule has 0 atom stereocenters. The second-order valence-electron chi connectivity index (χ2n) is 4.77. The molecular formula is C14H21N3O2. The Morgan fingerprint density at radius 1 is 1.47 bits per heavy atom. The van der Waals surface area contributed by atoms with Crippen LogP contribution in [-0.4, -0.2) is 31.7 Å². The van der Waals surface area contributed by atoms with E-state index < -0.39 is 0 Å². The van der Waals surface area contributed by atoms with Crippen LogP contribution in [0.1, 0.15) is 30.1 Å². The molecule has 0 heterocycles. The van der Waals surface area contributed by atoms with Crippen molar-refractivity contribution in [2.75, 3.05) is 24.7 Å². The molecule has 19 heavy (non-hydrogen) atoms. The lowest BCUT2D eigenvalue weighted by molar-refractivity contribution is 0.00300. The van der Waals surface area contributed by atoms with Gasteiger partial charge in [-0.3, -0.25) is 4.79 Å². The van der Waals surface area contributed by atoms with Gasteiger partial charge in [0.25, 0.3) is 5.91 Å². The number of rotatable bonds is 5. The fraction of sp³-hybridized carbons (Fsp3) is 0.500. The standard InChI is InChI=1S/C14H21N3O2/c1-3-19-11-7-10(8-11)17-13-5-4-9(6-12(13)15)14(18)16-2/h4-6,10-11,17H,3,7-8,15H2,1-2H3,(H,16,18). The molecule has 0 aromatic heterocycles. The molecule has 1 aliphatic carbocycles. The molecule has 5 heteroatoms. The van der Waals surface area contributed by atoms with Gasteiger partial charge in [-0.1, -0.05) is 0 Å². The maximum atomic E-state index is 11.5. The van der Waals surface area contributed by atoms with Crippen molar-refractivity contribution in [1.29, 1.82) is 0 Å². The van der Waals surface area contributed by atoms with E-state index in [9.17, 15) is 4.79 Å². The molecule has 5 nitrogen and oxygen atoms in total. The molecule has 0 aliphatic heterocycles. The Bertz CT molecular complexity index is 456. The summed E-state index contributed by atoms with van der Waals surface area (Å²) in [5.41, 5.74) is 8.02. The normalized spacial score (nSPS) is 21.6. The molecule has 0 saturated heterocycles. The number of hydrogen-bond donors (Lipinski definition) is 3. The van der Waals surface area contributed by atoms with E-state index >= 15 is 0 Å². The van der Waals surface area contributed by atoms with E-state index in [0.29, 0.717) is 23.4 Å². The number of nitrogens with two attached hydrogens (primary N) is 1. The third kappa shape index (κ3) is 3.17. The zero-order valence-corrected chi connectivity index (χ0v) is 11.4. The summed E-state index contributed by atoms with van der Waals surface area (Å²) in [4.78, 5) is 11.5. The van der Waals surface area contributed by atoms with Crippen molar-refractivity contribution in [1.82, 2.24) is 5.32 Å². The van der Waals surface area contributed by atoms with Crippen molar-refractivity contribution in [2.45, 2.75) is 31.9 Å². The van der Waals surface area contributed by atoms with Gasteiger partial charge in [-0.2, -0.15) is 0 Å². The van der Waals surface area contributed by atoms with Gasteiger partial charge in [0.1, 0.15) is 0 Å². The van der Waals surface area contributed by atoms with Crippen LogP contribution in [0.2, 0.25) is 0 Å². The number of carbonyl (C=O) groups excluding carboxylic acids is 1. The second kappa shape index (κ2) is 5.93. The molecular weight excluding hydrogens is 242 g/mol. The Balaban J connectivity index is 1.93. The van der Waals surface area contributed by atoms with E-state index in [2.05, 4.69) is 10.6 Å². The summed E-state index contributed by atoms with van der Waals surface area (Å²) in [5, 5.41) is 5.96. The maximum absolute atomic E-state index is 11.5. The van der Waals surface area contributed by atoms with Crippen molar-refractivity contribution in [3.63, 3.8) is 0 Å². The summed E-state index contributed by atoms with van der Waals surface area (Å²) in [6.07, 6.45) is 2.38. The molecule has 0 bridgehead atoms. The Kier molecular flexibility index (Phi) is 4.27. The first-order valence-corrected chi connectivity index (χ1v) is 6.63. The predicted octanol–water partition coefficient (Wildman–Crippen LogP) is 1.61. The molecule has 1 amide bonds. The second-order valence-corrected chi connectivity index (χ2v) is 4.77. The first-order chi connectivity index (χ1) is 9.13. The lowest BCUT2D eigenvalue weighted by Crippen LogP contribution is -2.40. The molecule has 0 unspecified atom stereocenters. The van der Waals surface area contributed by atoms with Gasteiger partial charge >= 0.3 is 0 Å². The fourth-order valence-corrected chi connectivity index (χ4v) is 2.25. The molecule has 4 N–H and O–H groups in total. The van der Waals surface area contributed by atoms with Gasteiger partial charge < -0.3 is 21.1 Å². The molecule has 0 spiro atoms. The highest BCUT2D eigenvalue weighted by molar-refractivity contribution is 5.95. The van der Waals surface area contributed by atoms with Gasteiger partial charge in [-0.15, -0.1) is 0 Å². The first-order valence-electron chi connectivity index (χ1n) is 6.63. The largest absolute Gasteiger partial charge is 0.397 e. The van der Waals surface area contributed by atoms with Crippen LogP contribution in [0.5, 0.6) is 0 Å². The topological polar surface area (TPSA) is 76.4 Å². The van der Waals surface area contributed by atoms with E-state index in [1.165, 1.54) is 0 Å². The molecule has 1 saturated carbocycles. The molecule has 1 fully saturated rings. The number of nitrogens with one attached hydrogen (secondary N) is 2. The number of nitrogen functional groups attached to an aromatic ring is 1. The average Bonchev–Trinajstić information content (AvgIpc) is 2.37. The van der Waals surface area contributed by atoms with Crippen molar-refractivity contribution in [3.05, 3.63) is 23.8 Å². The number of anilines is 2. The minimum Gasteiger partial charge on any atom is -0.397 e. The van der Waals surface area contributed by atoms with Crippen molar-refractivity contribution in [2.24, 2.45) is 0 Å². The van der Waals surface area contributed by atoms with E-state index in [0.717, 1.165) is 25.1 Å². The lowest BCUT2D eigenvalue weighted by Gasteiger charge is -2.36. The first kappa shape index (κ1) is 13.7. The van der Waals surface area contributed by atoms with Crippen LogP contribution in [0, 0.1) is 0 Å². The number of carbonyl (C=O) groups is 1. The number of ether oxygens (including phenoxy) is 1. The zero-order chi connectivity index (χ0) is 13.8. The molecule has 1 aromatic rings. The van der Waals surface area contributed by atoms with Crippen LogP contribution in [0.3, 0.4) is 0 Å². The fourth-order valence-electron chi connectivity index (χ4n) is 2.25. The van der Waals surface area contributed by atoms with Crippen molar-refractivity contribution >= 4 is 17.3 Å². The van der Waals surface area contributed by atoms with Crippen LogP contribution in [-0.2, 0) is 4.74 Å². The Labute approximate surface area is 113 Å². The number of hydrogen-bond acceptors (Lipinski definition) is 4. The van der Waals surface area contributed by atoms with Crippen LogP contribution in [0.4, 0.5) is 11.4 Å². The van der Waals surface area contributed by atoms with E-state index in [-0.39, 0.29) is 5.91 Å². The third-order valence-corrected chi connectivity index (χ3v) is 3.40. The molecule has 0 radical (unpaired) electrons. The van der Waals surface area contributed by atoms with Gasteiger partial charge in [0.05, 0.1) is 17.5 Å². The van der Waals surface area contributed by atoms with Gasteiger partial charge in [0.2, 0.25) is 0 Å². The summed E-state index contributed by atoms with van der Waals surface area (Å²) in [6, 6.07) is 5.73. The summed E-state index contributed by atoms with van der Waals surface area (Å²) in [5.74, 6) is -0.127. The van der Waals surface area contributed by atoms with Gasteiger partial charge in [-0.25, -0.2) is 0 Å². The van der Waals surface area contributed by atoms with E-state index in [1.807, 2.05) is 13.0 Å². The zero-order valence-electron chi connectivity index (χ0n) is 11.4. The molecule has 104 valence electrons. The van der Waals surface area contributed by atoms with E-state index in [4.69, 9.17) is 10.5 Å². The number of benzene rings is 1. The highest BCUT2D eigenvalue weighted by atomic mass is 16.5. The van der Waals surface area contributed by atoms with Gasteiger partial charge in [-0.05, 0) is 38.0 Å². The Morgan fingerprint density at radius 2 is 2.21 bits per heavy atom. The smallest absolute Gasteiger partial charge is 0.251 e. The lowest BCUT2D eigenvalue weighted by atomic mass is 9.89. The minimum absolute atomic E-state index is 0.127. The molecule has 2 rings (SSSR count).